The predicted molar refractivity (Wildman–Crippen MR) is 70.3 cm³/mol. The molecule has 1 aliphatic heterocycles. The van der Waals surface area contributed by atoms with Crippen molar-refractivity contribution in [3.8, 4) is 5.88 Å². The molecule has 0 bridgehead atoms. The number of hydrogen-bond donors (Lipinski definition) is 1. The molecule has 6 nitrogen and oxygen atoms in total. The van der Waals surface area contributed by atoms with Crippen LogP contribution in [0.3, 0.4) is 0 Å². The van der Waals surface area contributed by atoms with Gasteiger partial charge in [-0.25, -0.2) is 0 Å². The lowest BCUT2D eigenvalue weighted by Gasteiger charge is -2.24. The molecule has 1 N–H and O–H groups in total. The van der Waals surface area contributed by atoms with Gasteiger partial charge in [-0.3, -0.25) is 9.78 Å². The van der Waals surface area contributed by atoms with Gasteiger partial charge in [0.25, 0.3) is 0 Å². The molecule has 0 amide bonds. The monoisotopic (exact) mass is 265 g/mol. The Hall–Kier alpha value is -1.85. The van der Waals surface area contributed by atoms with Crippen LogP contribution in [0.15, 0.2) is 12.4 Å². The SMILES string of the molecule is CC(C)Oc1cncc(N2CCC(C(=O)O)C2C)n1. The molecule has 19 heavy (non-hydrogen) atoms. The molecule has 0 aliphatic carbocycles. The van der Waals surface area contributed by atoms with Crippen LogP contribution in [0.2, 0.25) is 0 Å². The molecule has 0 spiro atoms. The van der Waals surface area contributed by atoms with E-state index in [0.29, 0.717) is 24.7 Å². The van der Waals surface area contributed by atoms with Crippen molar-refractivity contribution in [2.24, 2.45) is 5.92 Å². The summed E-state index contributed by atoms with van der Waals surface area (Å²) in [7, 11) is 0. The first-order chi connectivity index (χ1) is 8.99. The van der Waals surface area contributed by atoms with Gasteiger partial charge in [0.1, 0.15) is 0 Å². The van der Waals surface area contributed by atoms with Gasteiger partial charge < -0.3 is 14.7 Å². The van der Waals surface area contributed by atoms with Crippen LogP contribution in [-0.2, 0) is 4.79 Å². The third kappa shape index (κ3) is 2.94. The molecule has 1 fully saturated rings. The second kappa shape index (κ2) is 5.42. The highest BCUT2D eigenvalue weighted by atomic mass is 16.5. The summed E-state index contributed by atoms with van der Waals surface area (Å²) in [6.07, 6.45) is 3.88. The number of carbonyl (C=O) groups is 1. The van der Waals surface area contributed by atoms with Crippen molar-refractivity contribution in [1.82, 2.24) is 9.97 Å². The summed E-state index contributed by atoms with van der Waals surface area (Å²) in [6, 6.07) is -0.0823. The Morgan fingerprint density at radius 1 is 1.53 bits per heavy atom. The van der Waals surface area contributed by atoms with Gasteiger partial charge >= 0.3 is 5.97 Å². The topological polar surface area (TPSA) is 75.5 Å². The van der Waals surface area contributed by atoms with Crippen molar-refractivity contribution in [3.05, 3.63) is 12.4 Å². The van der Waals surface area contributed by atoms with E-state index in [1.54, 1.807) is 12.4 Å². The summed E-state index contributed by atoms with van der Waals surface area (Å²) in [6.45, 7) is 6.43. The second-order valence-corrected chi connectivity index (χ2v) is 5.05. The molecule has 1 aromatic heterocycles. The minimum absolute atomic E-state index is 0.0346. The van der Waals surface area contributed by atoms with Crippen molar-refractivity contribution in [1.29, 1.82) is 0 Å². The lowest BCUT2D eigenvalue weighted by Crippen LogP contribution is -2.33. The van der Waals surface area contributed by atoms with Gasteiger partial charge in [0, 0.05) is 12.6 Å². The van der Waals surface area contributed by atoms with Crippen molar-refractivity contribution < 1.29 is 14.6 Å². The maximum atomic E-state index is 11.1. The average molecular weight is 265 g/mol. The minimum atomic E-state index is -0.752. The fourth-order valence-corrected chi connectivity index (χ4v) is 2.37. The van der Waals surface area contributed by atoms with E-state index in [2.05, 4.69) is 9.97 Å². The summed E-state index contributed by atoms with van der Waals surface area (Å²) in [4.78, 5) is 21.6. The largest absolute Gasteiger partial charge is 0.481 e. The number of anilines is 1. The normalized spacial score (nSPS) is 22.8. The maximum absolute atomic E-state index is 11.1. The van der Waals surface area contributed by atoms with Gasteiger partial charge in [0.15, 0.2) is 5.82 Å². The quantitative estimate of drug-likeness (QED) is 0.890. The zero-order valence-electron chi connectivity index (χ0n) is 11.4. The third-order valence-corrected chi connectivity index (χ3v) is 3.32. The first kappa shape index (κ1) is 13.6. The summed E-state index contributed by atoms with van der Waals surface area (Å²) in [5, 5.41) is 9.13. The molecule has 6 heteroatoms. The second-order valence-electron chi connectivity index (χ2n) is 5.05. The molecule has 104 valence electrons. The highest BCUT2D eigenvalue weighted by molar-refractivity contribution is 5.72. The smallest absolute Gasteiger partial charge is 0.308 e. The fraction of sp³-hybridized carbons (Fsp3) is 0.615. The summed E-state index contributed by atoms with van der Waals surface area (Å²) in [5.74, 6) is 0.0434. The van der Waals surface area contributed by atoms with Crippen LogP contribution in [0.4, 0.5) is 5.82 Å². The number of aliphatic carboxylic acids is 1. The molecule has 0 saturated carbocycles. The number of nitrogens with zero attached hydrogens (tertiary/aromatic N) is 3. The van der Waals surface area contributed by atoms with Crippen molar-refractivity contribution >= 4 is 11.8 Å². The van der Waals surface area contributed by atoms with Gasteiger partial charge in [-0.1, -0.05) is 0 Å². The Morgan fingerprint density at radius 2 is 2.26 bits per heavy atom. The van der Waals surface area contributed by atoms with E-state index in [-0.39, 0.29) is 18.1 Å². The molecular weight excluding hydrogens is 246 g/mol. The highest BCUT2D eigenvalue weighted by Crippen LogP contribution is 2.29. The number of ether oxygens (including phenoxy) is 1. The van der Waals surface area contributed by atoms with Gasteiger partial charge in [0.05, 0.1) is 24.4 Å². The number of carboxylic acids is 1. The minimum Gasteiger partial charge on any atom is -0.481 e. The van der Waals surface area contributed by atoms with Gasteiger partial charge in [-0.2, -0.15) is 4.98 Å². The van der Waals surface area contributed by atoms with Crippen LogP contribution in [-0.4, -0.2) is 39.7 Å². The standard InChI is InChI=1S/C13H19N3O3/c1-8(2)19-12-7-14-6-11(15-12)16-5-4-10(9(16)3)13(17)18/h6-10H,4-5H2,1-3H3,(H,17,18). The van der Waals surface area contributed by atoms with Crippen molar-refractivity contribution in [2.75, 3.05) is 11.4 Å². The van der Waals surface area contributed by atoms with E-state index in [4.69, 9.17) is 9.84 Å². The van der Waals surface area contributed by atoms with E-state index >= 15 is 0 Å². The molecule has 1 aliphatic rings. The zero-order chi connectivity index (χ0) is 14.0. The van der Waals surface area contributed by atoms with Gasteiger partial charge in [-0.15, -0.1) is 0 Å². The Morgan fingerprint density at radius 3 is 2.84 bits per heavy atom. The Bertz CT molecular complexity index is 464. The molecule has 1 aromatic rings. The third-order valence-electron chi connectivity index (χ3n) is 3.32. The highest BCUT2D eigenvalue weighted by Gasteiger charge is 2.36. The fourth-order valence-electron chi connectivity index (χ4n) is 2.37. The Kier molecular flexibility index (Phi) is 3.87. The molecule has 2 heterocycles. The number of carboxylic acid groups (broad SMARTS) is 1. The zero-order valence-corrected chi connectivity index (χ0v) is 11.4. The van der Waals surface area contributed by atoms with Crippen LogP contribution < -0.4 is 9.64 Å². The van der Waals surface area contributed by atoms with Crippen LogP contribution in [0.5, 0.6) is 5.88 Å². The van der Waals surface area contributed by atoms with E-state index in [9.17, 15) is 4.79 Å². The van der Waals surface area contributed by atoms with Crippen LogP contribution in [0.25, 0.3) is 0 Å². The van der Waals surface area contributed by atoms with Gasteiger partial charge in [-0.05, 0) is 27.2 Å². The van der Waals surface area contributed by atoms with E-state index < -0.39 is 5.97 Å². The number of rotatable bonds is 4. The first-order valence-electron chi connectivity index (χ1n) is 6.47. The molecule has 2 rings (SSSR count). The average Bonchev–Trinajstić information content (AvgIpc) is 2.70. The summed E-state index contributed by atoms with van der Waals surface area (Å²) >= 11 is 0. The van der Waals surface area contributed by atoms with Crippen LogP contribution in [0.1, 0.15) is 27.2 Å². The first-order valence-corrected chi connectivity index (χ1v) is 6.47. The van der Waals surface area contributed by atoms with Crippen molar-refractivity contribution in [3.63, 3.8) is 0 Å². The van der Waals surface area contributed by atoms with E-state index in [1.807, 2.05) is 25.7 Å². The van der Waals surface area contributed by atoms with E-state index in [0.717, 1.165) is 0 Å². The van der Waals surface area contributed by atoms with Gasteiger partial charge in [0.2, 0.25) is 5.88 Å². The lowest BCUT2D eigenvalue weighted by molar-refractivity contribution is -0.141. The van der Waals surface area contributed by atoms with Crippen LogP contribution >= 0.6 is 0 Å². The molecule has 0 radical (unpaired) electrons. The van der Waals surface area contributed by atoms with Crippen LogP contribution in [0, 0.1) is 5.92 Å². The van der Waals surface area contributed by atoms with E-state index in [1.165, 1.54) is 0 Å². The maximum Gasteiger partial charge on any atom is 0.308 e. The van der Waals surface area contributed by atoms with Crippen molar-refractivity contribution in [2.45, 2.75) is 39.3 Å². The predicted octanol–water partition coefficient (Wildman–Crippen LogP) is 1.56. The molecule has 2 atom stereocenters. The molecular formula is C13H19N3O3. The Labute approximate surface area is 112 Å². The molecule has 0 aromatic carbocycles. The summed E-state index contributed by atoms with van der Waals surface area (Å²) in [5.41, 5.74) is 0. The number of aromatic nitrogens is 2. The lowest BCUT2D eigenvalue weighted by atomic mass is 10.0. The molecule has 1 saturated heterocycles. The Balaban J connectivity index is 2.16. The summed E-state index contributed by atoms with van der Waals surface area (Å²) < 4.78 is 5.51. The number of hydrogen-bond acceptors (Lipinski definition) is 5. The molecule has 2 unspecified atom stereocenters.